The average Bonchev–Trinajstić information content (AvgIpc) is 2.86. The highest BCUT2D eigenvalue weighted by molar-refractivity contribution is 5.79. The van der Waals surface area contributed by atoms with Crippen LogP contribution in [0.15, 0.2) is 12.3 Å². The molecule has 4 atom stereocenters. The molecule has 0 aromatic carbocycles. The van der Waals surface area contributed by atoms with Gasteiger partial charge in [-0.15, -0.1) is 0 Å². The molecule has 1 saturated heterocycles. The van der Waals surface area contributed by atoms with E-state index in [4.69, 9.17) is 4.74 Å². The number of rotatable bonds is 3. The molecule has 0 aliphatic carbocycles. The van der Waals surface area contributed by atoms with Crippen LogP contribution in [0, 0.1) is 11.8 Å². The summed E-state index contributed by atoms with van der Waals surface area (Å²) in [5.74, 6) is 0.253. The second-order valence-electron chi connectivity index (χ2n) is 4.73. The molecule has 17 heavy (non-hydrogen) atoms. The molecule has 1 aromatic rings. The van der Waals surface area contributed by atoms with E-state index in [1.54, 1.807) is 6.20 Å². The zero-order valence-corrected chi connectivity index (χ0v) is 10.4. The number of aromatic amines is 1. The van der Waals surface area contributed by atoms with Crippen molar-refractivity contribution in [2.75, 3.05) is 0 Å². The first-order valence-corrected chi connectivity index (χ1v) is 6.01. The van der Waals surface area contributed by atoms with E-state index in [9.17, 15) is 4.79 Å². The van der Waals surface area contributed by atoms with E-state index in [1.165, 1.54) is 0 Å². The number of H-pyrrole nitrogens is 1. The first-order valence-electron chi connectivity index (χ1n) is 6.01. The van der Waals surface area contributed by atoms with Crippen LogP contribution < -0.4 is 5.32 Å². The minimum atomic E-state index is -0.0621. The summed E-state index contributed by atoms with van der Waals surface area (Å²) in [6.45, 7) is 6.53. The molecule has 0 bridgehead atoms. The number of hydrogen-bond donors (Lipinski definition) is 2. The quantitative estimate of drug-likeness (QED) is 0.826. The van der Waals surface area contributed by atoms with E-state index in [0.717, 1.165) is 5.69 Å². The Kier molecular flexibility index (Phi) is 3.47. The third kappa shape index (κ3) is 2.49. The van der Waals surface area contributed by atoms with E-state index in [1.807, 2.05) is 19.9 Å². The van der Waals surface area contributed by atoms with Crippen molar-refractivity contribution in [3.8, 4) is 0 Å². The molecule has 1 aliphatic heterocycles. The molecule has 1 aromatic heterocycles. The summed E-state index contributed by atoms with van der Waals surface area (Å²) in [5, 5.41) is 9.58. The van der Waals surface area contributed by atoms with Crippen LogP contribution in [0.25, 0.3) is 0 Å². The fraction of sp³-hybridized carbons (Fsp3) is 0.667. The first kappa shape index (κ1) is 12.1. The van der Waals surface area contributed by atoms with Crippen LogP contribution >= 0.6 is 0 Å². The zero-order valence-electron chi connectivity index (χ0n) is 10.4. The molecule has 0 radical (unpaired) electrons. The lowest BCUT2D eigenvalue weighted by molar-refractivity contribution is -0.127. The topological polar surface area (TPSA) is 67.0 Å². The molecule has 4 unspecified atom stereocenters. The monoisotopic (exact) mass is 237 g/mol. The minimum Gasteiger partial charge on any atom is -0.374 e. The number of ether oxygens (including phenoxy) is 1. The molecule has 0 spiro atoms. The molecular weight excluding hydrogens is 218 g/mol. The van der Waals surface area contributed by atoms with Crippen molar-refractivity contribution in [2.45, 2.75) is 39.5 Å². The highest BCUT2D eigenvalue weighted by Crippen LogP contribution is 2.32. The molecule has 94 valence electrons. The lowest BCUT2D eigenvalue weighted by Gasteiger charge is -2.17. The van der Waals surface area contributed by atoms with E-state index in [0.29, 0.717) is 6.54 Å². The SMILES string of the molecule is CC1OC(C)C(C(=O)NCc2ccn[nH]2)C1C. The highest BCUT2D eigenvalue weighted by atomic mass is 16.5. The van der Waals surface area contributed by atoms with Crippen LogP contribution in [0.5, 0.6) is 0 Å². The van der Waals surface area contributed by atoms with Crippen LogP contribution in [0.1, 0.15) is 26.5 Å². The smallest absolute Gasteiger partial charge is 0.226 e. The Bertz CT molecular complexity index is 377. The molecule has 1 fully saturated rings. The van der Waals surface area contributed by atoms with Gasteiger partial charge < -0.3 is 10.1 Å². The van der Waals surface area contributed by atoms with Gasteiger partial charge in [0.2, 0.25) is 5.91 Å². The van der Waals surface area contributed by atoms with Crippen molar-refractivity contribution in [1.29, 1.82) is 0 Å². The Hall–Kier alpha value is -1.36. The van der Waals surface area contributed by atoms with Gasteiger partial charge >= 0.3 is 0 Å². The molecule has 5 heteroatoms. The summed E-state index contributed by atoms with van der Waals surface area (Å²) in [6, 6.07) is 1.85. The standard InChI is InChI=1S/C12H19N3O2/c1-7-8(2)17-9(3)11(7)12(16)13-6-10-4-5-14-15-10/h4-5,7-9,11H,6H2,1-3H3,(H,13,16)(H,14,15). The van der Waals surface area contributed by atoms with Gasteiger partial charge in [-0.2, -0.15) is 5.10 Å². The predicted molar refractivity (Wildman–Crippen MR) is 63.1 cm³/mol. The van der Waals surface area contributed by atoms with Crippen molar-refractivity contribution in [1.82, 2.24) is 15.5 Å². The van der Waals surface area contributed by atoms with E-state index < -0.39 is 0 Å². The highest BCUT2D eigenvalue weighted by Gasteiger charge is 2.41. The molecule has 2 N–H and O–H groups in total. The number of hydrogen-bond acceptors (Lipinski definition) is 3. The van der Waals surface area contributed by atoms with Crippen molar-refractivity contribution < 1.29 is 9.53 Å². The molecule has 2 rings (SSSR count). The van der Waals surface area contributed by atoms with Crippen molar-refractivity contribution in [3.63, 3.8) is 0 Å². The lowest BCUT2D eigenvalue weighted by Crippen LogP contribution is -2.36. The van der Waals surface area contributed by atoms with Gasteiger partial charge in [0.15, 0.2) is 0 Å². The van der Waals surface area contributed by atoms with E-state index in [-0.39, 0.29) is 30.0 Å². The van der Waals surface area contributed by atoms with Gasteiger partial charge in [0, 0.05) is 6.20 Å². The summed E-state index contributed by atoms with van der Waals surface area (Å²) in [7, 11) is 0. The maximum atomic E-state index is 12.1. The van der Waals surface area contributed by atoms with Gasteiger partial charge in [0.1, 0.15) is 0 Å². The third-order valence-electron chi connectivity index (χ3n) is 3.56. The summed E-state index contributed by atoms with van der Waals surface area (Å²) in [5.41, 5.74) is 0.908. The number of aromatic nitrogens is 2. The second kappa shape index (κ2) is 4.87. The van der Waals surface area contributed by atoms with Gasteiger partial charge in [0.25, 0.3) is 0 Å². The fourth-order valence-corrected chi connectivity index (χ4v) is 2.40. The van der Waals surface area contributed by atoms with Crippen molar-refractivity contribution in [3.05, 3.63) is 18.0 Å². The second-order valence-corrected chi connectivity index (χ2v) is 4.73. The Balaban J connectivity index is 1.91. The molecule has 0 saturated carbocycles. The van der Waals surface area contributed by atoms with Crippen molar-refractivity contribution in [2.24, 2.45) is 11.8 Å². The maximum Gasteiger partial charge on any atom is 0.226 e. The van der Waals surface area contributed by atoms with E-state index in [2.05, 4.69) is 22.4 Å². The minimum absolute atomic E-state index is 0.0123. The zero-order chi connectivity index (χ0) is 12.4. The maximum absolute atomic E-state index is 12.1. The summed E-state index contributed by atoms with van der Waals surface area (Å²) in [6.07, 6.45) is 1.81. The first-order chi connectivity index (χ1) is 8.09. The third-order valence-corrected chi connectivity index (χ3v) is 3.56. The molecule has 2 heterocycles. The largest absolute Gasteiger partial charge is 0.374 e. The summed E-state index contributed by atoms with van der Waals surface area (Å²) < 4.78 is 5.66. The van der Waals surface area contributed by atoms with Gasteiger partial charge in [-0.3, -0.25) is 9.89 Å². The van der Waals surface area contributed by atoms with Gasteiger partial charge in [-0.1, -0.05) is 6.92 Å². The Morgan fingerprint density at radius 1 is 1.47 bits per heavy atom. The van der Waals surface area contributed by atoms with Crippen molar-refractivity contribution >= 4 is 5.91 Å². The number of amides is 1. The Labute approximate surface area is 101 Å². The predicted octanol–water partition coefficient (Wildman–Crippen LogP) is 1.09. The number of nitrogens with zero attached hydrogens (tertiary/aromatic N) is 1. The molecule has 1 aliphatic rings. The van der Waals surface area contributed by atoms with Gasteiger partial charge in [0.05, 0.1) is 30.4 Å². The lowest BCUT2D eigenvalue weighted by atomic mass is 9.89. The van der Waals surface area contributed by atoms with Crippen LogP contribution in [0.2, 0.25) is 0 Å². The fourth-order valence-electron chi connectivity index (χ4n) is 2.40. The molecule has 1 amide bonds. The van der Waals surface area contributed by atoms with Crippen LogP contribution in [0.4, 0.5) is 0 Å². The molecular formula is C12H19N3O2. The Morgan fingerprint density at radius 3 is 2.76 bits per heavy atom. The van der Waals surface area contributed by atoms with Gasteiger partial charge in [-0.05, 0) is 25.8 Å². The Morgan fingerprint density at radius 2 is 2.24 bits per heavy atom. The normalized spacial score (nSPS) is 32.6. The number of nitrogens with one attached hydrogen (secondary N) is 2. The van der Waals surface area contributed by atoms with Crippen LogP contribution in [0.3, 0.4) is 0 Å². The van der Waals surface area contributed by atoms with Gasteiger partial charge in [-0.25, -0.2) is 0 Å². The number of carbonyl (C=O) groups excluding carboxylic acids is 1. The summed E-state index contributed by atoms with van der Waals surface area (Å²) in [4.78, 5) is 12.1. The average molecular weight is 237 g/mol. The van der Waals surface area contributed by atoms with Crippen LogP contribution in [-0.4, -0.2) is 28.3 Å². The van der Waals surface area contributed by atoms with E-state index >= 15 is 0 Å². The van der Waals surface area contributed by atoms with Crippen LogP contribution in [-0.2, 0) is 16.1 Å². The summed E-state index contributed by atoms with van der Waals surface area (Å²) >= 11 is 0. The molecule has 5 nitrogen and oxygen atoms in total. The number of carbonyl (C=O) groups is 1.